The second-order valence-electron chi connectivity index (χ2n) is 5.64. The number of allylic oxidation sites excluding steroid dienone is 2. The fourth-order valence-electron chi connectivity index (χ4n) is 3.16. The molecule has 0 aromatic carbocycles. The highest BCUT2D eigenvalue weighted by Crippen LogP contribution is 2.39. The molecule has 1 N–H and O–H groups in total. The molecule has 1 saturated carbocycles. The van der Waals surface area contributed by atoms with E-state index in [1.807, 2.05) is 6.92 Å². The van der Waals surface area contributed by atoms with Gasteiger partial charge in [-0.05, 0) is 51.0 Å². The fraction of sp³-hybridized carbons (Fsp3) is 0.857. The molecule has 0 aromatic heterocycles. The third kappa shape index (κ3) is 3.24. The standard InChI is InChI=1S/C14H24O2/c1-10(15)6-11(2)16-14-8-12-4-3-5-13(7-12)9-14/h8,10-13,15H,3-7,9H2,1-2H3/t10-,11-,12+,13-/m1/s1. The van der Waals surface area contributed by atoms with Crippen LogP contribution < -0.4 is 0 Å². The van der Waals surface area contributed by atoms with Gasteiger partial charge in [-0.2, -0.15) is 0 Å². The van der Waals surface area contributed by atoms with Crippen LogP contribution in [0.25, 0.3) is 0 Å². The largest absolute Gasteiger partial charge is 0.495 e. The zero-order valence-corrected chi connectivity index (χ0v) is 10.5. The van der Waals surface area contributed by atoms with E-state index in [-0.39, 0.29) is 12.2 Å². The van der Waals surface area contributed by atoms with Gasteiger partial charge in [-0.1, -0.05) is 6.42 Å². The van der Waals surface area contributed by atoms with Crippen molar-refractivity contribution >= 4 is 0 Å². The van der Waals surface area contributed by atoms with E-state index in [9.17, 15) is 5.11 Å². The number of hydrogen-bond acceptors (Lipinski definition) is 2. The average molecular weight is 224 g/mol. The number of aliphatic hydroxyl groups excluding tert-OH is 1. The summed E-state index contributed by atoms with van der Waals surface area (Å²) in [5.41, 5.74) is 0. The van der Waals surface area contributed by atoms with Crippen LogP contribution in [0.4, 0.5) is 0 Å². The molecule has 16 heavy (non-hydrogen) atoms. The lowest BCUT2D eigenvalue weighted by Crippen LogP contribution is -2.23. The van der Waals surface area contributed by atoms with Crippen molar-refractivity contribution in [2.24, 2.45) is 11.8 Å². The van der Waals surface area contributed by atoms with Gasteiger partial charge in [0.05, 0.1) is 18.0 Å². The van der Waals surface area contributed by atoms with Crippen molar-refractivity contribution in [2.75, 3.05) is 0 Å². The van der Waals surface area contributed by atoms with Crippen LogP contribution in [-0.4, -0.2) is 17.3 Å². The number of hydrogen-bond donors (Lipinski definition) is 1. The first-order chi connectivity index (χ1) is 7.63. The highest BCUT2D eigenvalue weighted by Gasteiger charge is 2.27. The average Bonchev–Trinajstić information content (AvgIpc) is 2.15. The molecule has 0 unspecified atom stereocenters. The summed E-state index contributed by atoms with van der Waals surface area (Å²) in [6.45, 7) is 3.88. The molecule has 2 aliphatic carbocycles. The van der Waals surface area contributed by atoms with Crippen LogP contribution in [-0.2, 0) is 4.74 Å². The van der Waals surface area contributed by atoms with Crippen LogP contribution in [0.1, 0.15) is 52.4 Å². The molecule has 0 radical (unpaired) electrons. The molecule has 4 atom stereocenters. The molecule has 0 amide bonds. The third-order valence-corrected chi connectivity index (χ3v) is 3.76. The second-order valence-corrected chi connectivity index (χ2v) is 5.64. The molecule has 0 spiro atoms. The first-order valence-electron chi connectivity index (χ1n) is 6.69. The quantitative estimate of drug-likeness (QED) is 0.794. The van der Waals surface area contributed by atoms with Gasteiger partial charge in [-0.15, -0.1) is 0 Å². The lowest BCUT2D eigenvalue weighted by Gasteiger charge is -2.34. The topological polar surface area (TPSA) is 29.5 Å². The Morgan fingerprint density at radius 1 is 1.44 bits per heavy atom. The Kier molecular flexibility index (Phi) is 3.91. The minimum absolute atomic E-state index is 0.144. The van der Waals surface area contributed by atoms with Gasteiger partial charge in [-0.25, -0.2) is 0 Å². The van der Waals surface area contributed by atoms with Crippen molar-refractivity contribution < 1.29 is 9.84 Å². The molecule has 92 valence electrons. The third-order valence-electron chi connectivity index (χ3n) is 3.76. The van der Waals surface area contributed by atoms with Crippen LogP contribution in [0.2, 0.25) is 0 Å². The molecule has 0 saturated heterocycles. The molecular weight excluding hydrogens is 200 g/mol. The number of rotatable bonds is 4. The minimum Gasteiger partial charge on any atom is -0.495 e. The zero-order chi connectivity index (χ0) is 11.5. The molecule has 0 aromatic rings. The van der Waals surface area contributed by atoms with Gasteiger partial charge in [0.1, 0.15) is 0 Å². The predicted octanol–water partition coefficient (Wildman–Crippen LogP) is 3.26. The van der Waals surface area contributed by atoms with Crippen LogP contribution in [0.5, 0.6) is 0 Å². The molecule has 1 fully saturated rings. The lowest BCUT2D eigenvalue weighted by molar-refractivity contribution is 0.0564. The molecular formula is C14H24O2. The van der Waals surface area contributed by atoms with Crippen molar-refractivity contribution in [3.63, 3.8) is 0 Å². The summed E-state index contributed by atoms with van der Waals surface area (Å²) in [6, 6.07) is 0. The Labute approximate surface area is 98.7 Å². The van der Waals surface area contributed by atoms with Gasteiger partial charge in [0.25, 0.3) is 0 Å². The minimum atomic E-state index is -0.265. The molecule has 2 heteroatoms. The normalized spacial score (nSPS) is 32.8. The summed E-state index contributed by atoms with van der Waals surface area (Å²) in [5, 5.41) is 9.31. The van der Waals surface area contributed by atoms with Crippen LogP contribution in [0.3, 0.4) is 0 Å². The van der Waals surface area contributed by atoms with E-state index in [0.29, 0.717) is 0 Å². The maximum atomic E-state index is 9.31. The van der Waals surface area contributed by atoms with Gasteiger partial charge in [-0.3, -0.25) is 0 Å². The van der Waals surface area contributed by atoms with Crippen LogP contribution in [0, 0.1) is 11.8 Å². The Balaban J connectivity index is 1.87. The summed E-state index contributed by atoms with van der Waals surface area (Å²) in [5.74, 6) is 2.81. The molecule has 2 rings (SSSR count). The van der Waals surface area contributed by atoms with Crippen molar-refractivity contribution in [3.05, 3.63) is 11.8 Å². The van der Waals surface area contributed by atoms with Gasteiger partial charge < -0.3 is 9.84 Å². The van der Waals surface area contributed by atoms with Gasteiger partial charge in [0.2, 0.25) is 0 Å². The Hall–Kier alpha value is -0.500. The maximum absolute atomic E-state index is 9.31. The SMILES string of the molecule is C[C@H](C[C@@H](C)O)OC1=C[C@H]2CCC[C@@H](C1)C2. The summed E-state index contributed by atoms with van der Waals surface area (Å²) in [7, 11) is 0. The first kappa shape index (κ1) is 12.0. The van der Waals surface area contributed by atoms with E-state index >= 15 is 0 Å². The highest BCUT2D eigenvalue weighted by molar-refractivity contribution is 5.05. The molecule has 2 bridgehead atoms. The number of fused-ring (bicyclic) bond motifs is 2. The van der Waals surface area contributed by atoms with E-state index in [1.54, 1.807) is 0 Å². The Morgan fingerprint density at radius 2 is 2.25 bits per heavy atom. The summed E-state index contributed by atoms with van der Waals surface area (Å²) >= 11 is 0. The highest BCUT2D eigenvalue weighted by atomic mass is 16.5. The van der Waals surface area contributed by atoms with E-state index in [0.717, 1.165) is 24.7 Å². The smallest absolute Gasteiger partial charge is 0.0978 e. The Bertz CT molecular complexity index is 257. The lowest BCUT2D eigenvalue weighted by atomic mass is 9.75. The van der Waals surface area contributed by atoms with Crippen LogP contribution >= 0.6 is 0 Å². The van der Waals surface area contributed by atoms with E-state index in [1.165, 1.54) is 31.4 Å². The molecule has 0 aliphatic heterocycles. The van der Waals surface area contributed by atoms with Gasteiger partial charge >= 0.3 is 0 Å². The number of ether oxygens (including phenoxy) is 1. The van der Waals surface area contributed by atoms with Gasteiger partial charge in [0.15, 0.2) is 0 Å². The first-order valence-corrected chi connectivity index (χ1v) is 6.69. The van der Waals surface area contributed by atoms with Crippen molar-refractivity contribution in [1.29, 1.82) is 0 Å². The summed E-state index contributed by atoms with van der Waals surface area (Å²) < 4.78 is 5.94. The van der Waals surface area contributed by atoms with Crippen molar-refractivity contribution in [2.45, 2.75) is 64.6 Å². The Morgan fingerprint density at radius 3 is 2.94 bits per heavy atom. The summed E-state index contributed by atoms with van der Waals surface area (Å²) in [6.07, 6.45) is 9.56. The van der Waals surface area contributed by atoms with Crippen molar-refractivity contribution in [3.8, 4) is 0 Å². The zero-order valence-electron chi connectivity index (χ0n) is 10.5. The second kappa shape index (κ2) is 5.22. The van der Waals surface area contributed by atoms with Gasteiger partial charge in [0, 0.05) is 12.8 Å². The molecule has 2 nitrogen and oxygen atoms in total. The monoisotopic (exact) mass is 224 g/mol. The van der Waals surface area contributed by atoms with E-state index < -0.39 is 0 Å². The number of aliphatic hydroxyl groups is 1. The fourth-order valence-corrected chi connectivity index (χ4v) is 3.16. The molecule has 2 aliphatic rings. The van der Waals surface area contributed by atoms with E-state index in [2.05, 4.69) is 13.0 Å². The maximum Gasteiger partial charge on any atom is 0.0978 e. The van der Waals surface area contributed by atoms with E-state index in [4.69, 9.17) is 4.74 Å². The molecule has 0 heterocycles. The summed E-state index contributed by atoms with van der Waals surface area (Å²) in [4.78, 5) is 0. The van der Waals surface area contributed by atoms with Crippen LogP contribution in [0.15, 0.2) is 11.8 Å². The predicted molar refractivity (Wildman–Crippen MR) is 65.0 cm³/mol. The van der Waals surface area contributed by atoms with Crippen molar-refractivity contribution in [1.82, 2.24) is 0 Å².